The topological polar surface area (TPSA) is 12.0 Å². The van der Waals surface area contributed by atoms with E-state index in [4.69, 9.17) is 0 Å². The van der Waals surface area contributed by atoms with E-state index in [2.05, 4.69) is 5.32 Å². The van der Waals surface area contributed by atoms with Gasteiger partial charge in [-0.1, -0.05) is 6.07 Å². The first-order valence-corrected chi connectivity index (χ1v) is 5.82. The normalized spacial score (nSPS) is 10.4. The average molecular weight is 239 g/mol. The number of benzene rings is 1. The molecule has 0 atom stereocenters. The largest absolute Gasteiger partial charge is 0.376 e. The number of thiophene rings is 1. The maximum absolute atomic E-state index is 13.6. The second kappa shape index (κ2) is 4.61. The molecule has 1 N–H and O–H groups in total. The SMILES string of the molecule is Cc1ccc(F)c(NCc2ccsc2)c1F. The Labute approximate surface area is 96.7 Å². The van der Waals surface area contributed by atoms with Crippen LogP contribution in [0.2, 0.25) is 0 Å². The highest BCUT2D eigenvalue weighted by Gasteiger charge is 2.10. The molecule has 1 heterocycles. The van der Waals surface area contributed by atoms with E-state index in [0.717, 1.165) is 5.56 Å². The van der Waals surface area contributed by atoms with Crippen LogP contribution >= 0.6 is 11.3 Å². The van der Waals surface area contributed by atoms with Crippen molar-refractivity contribution in [2.45, 2.75) is 13.5 Å². The third-order valence-electron chi connectivity index (χ3n) is 2.33. The van der Waals surface area contributed by atoms with Crippen LogP contribution in [-0.2, 0) is 6.54 Å². The Morgan fingerprint density at radius 2 is 2.06 bits per heavy atom. The van der Waals surface area contributed by atoms with Gasteiger partial charge in [0.2, 0.25) is 0 Å². The zero-order chi connectivity index (χ0) is 11.5. The van der Waals surface area contributed by atoms with Gasteiger partial charge in [0.25, 0.3) is 0 Å². The molecule has 0 aliphatic rings. The zero-order valence-corrected chi connectivity index (χ0v) is 9.57. The number of hydrogen-bond acceptors (Lipinski definition) is 2. The van der Waals surface area contributed by atoms with Crippen molar-refractivity contribution in [1.29, 1.82) is 0 Å². The van der Waals surface area contributed by atoms with E-state index in [1.165, 1.54) is 12.1 Å². The first-order valence-electron chi connectivity index (χ1n) is 4.88. The summed E-state index contributed by atoms with van der Waals surface area (Å²) in [6, 6.07) is 4.62. The van der Waals surface area contributed by atoms with E-state index in [-0.39, 0.29) is 5.69 Å². The molecule has 0 radical (unpaired) electrons. The highest BCUT2D eigenvalue weighted by molar-refractivity contribution is 7.07. The van der Waals surface area contributed by atoms with Gasteiger partial charge in [0.1, 0.15) is 11.5 Å². The molecule has 0 amide bonds. The Bertz CT molecular complexity index is 480. The molecule has 1 aromatic heterocycles. The molecular formula is C12H11F2NS. The monoisotopic (exact) mass is 239 g/mol. The third-order valence-corrected chi connectivity index (χ3v) is 3.07. The van der Waals surface area contributed by atoms with Gasteiger partial charge in [-0.05, 0) is 40.9 Å². The molecule has 0 saturated carbocycles. The van der Waals surface area contributed by atoms with E-state index < -0.39 is 11.6 Å². The van der Waals surface area contributed by atoms with Crippen LogP contribution in [-0.4, -0.2) is 0 Å². The van der Waals surface area contributed by atoms with Gasteiger partial charge in [0, 0.05) is 6.54 Å². The van der Waals surface area contributed by atoms with E-state index in [1.54, 1.807) is 18.3 Å². The Hall–Kier alpha value is -1.42. The summed E-state index contributed by atoms with van der Waals surface area (Å²) >= 11 is 1.56. The Morgan fingerprint density at radius 3 is 2.75 bits per heavy atom. The molecule has 0 saturated heterocycles. The Balaban J connectivity index is 2.18. The summed E-state index contributed by atoms with van der Waals surface area (Å²) in [6.07, 6.45) is 0. The standard InChI is InChI=1S/C12H11F2NS/c1-8-2-3-10(13)12(11(8)14)15-6-9-4-5-16-7-9/h2-5,7,15H,6H2,1H3. The molecule has 0 spiro atoms. The van der Waals surface area contributed by atoms with Crippen molar-refractivity contribution in [2.24, 2.45) is 0 Å². The lowest BCUT2D eigenvalue weighted by Gasteiger charge is -2.09. The van der Waals surface area contributed by atoms with Crippen molar-refractivity contribution in [3.05, 3.63) is 51.7 Å². The lowest BCUT2D eigenvalue weighted by atomic mass is 10.2. The molecule has 0 aliphatic heterocycles. The third kappa shape index (κ3) is 2.22. The number of nitrogens with one attached hydrogen (secondary N) is 1. The summed E-state index contributed by atoms with van der Waals surface area (Å²) in [5.74, 6) is -1.08. The van der Waals surface area contributed by atoms with E-state index >= 15 is 0 Å². The minimum Gasteiger partial charge on any atom is -0.376 e. The number of rotatable bonds is 3. The molecule has 16 heavy (non-hydrogen) atoms. The van der Waals surface area contributed by atoms with Crippen LogP contribution in [0.5, 0.6) is 0 Å². The summed E-state index contributed by atoms with van der Waals surface area (Å²) in [4.78, 5) is 0. The minimum atomic E-state index is -0.557. The predicted molar refractivity (Wildman–Crippen MR) is 62.7 cm³/mol. The van der Waals surface area contributed by atoms with Crippen LogP contribution in [0.15, 0.2) is 29.0 Å². The Morgan fingerprint density at radius 1 is 1.25 bits per heavy atom. The van der Waals surface area contributed by atoms with E-state index in [1.807, 2.05) is 16.8 Å². The van der Waals surface area contributed by atoms with Gasteiger partial charge in [0.05, 0.1) is 0 Å². The second-order valence-electron chi connectivity index (χ2n) is 3.54. The number of hydrogen-bond donors (Lipinski definition) is 1. The van der Waals surface area contributed by atoms with Crippen LogP contribution in [0, 0.1) is 18.6 Å². The number of anilines is 1. The quantitative estimate of drug-likeness (QED) is 0.855. The fraction of sp³-hybridized carbons (Fsp3) is 0.167. The highest BCUT2D eigenvalue weighted by atomic mass is 32.1. The molecule has 0 bridgehead atoms. The molecule has 2 rings (SSSR count). The number of halogens is 2. The molecule has 0 unspecified atom stereocenters. The summed E-state index contributed by atoms with van der Waals surface area (Å²) in [5, 5.41) is 6.65. The van der Waals surface area contributed by atoms with Gasteiger partial charge < -0.3 is 5.32 Å². The van der Waals surface area contributed by atoms with Gasteiger partial charge in [0.15, 0.2) is 5.82 Å². The molecule has 84 valence electrons. The van der Waals surface area contributed by atoms with Crippen LogP contribution in [0.3, 0.4) is 0 Å². The molecule has 0 fully saturated rings. The predicted octanol–water partition coefficient (Wildman–Crippen LogP) is 3.95. The summed E-state index contributed by atoms with van der Waals surface area (Å²) in [6.45, 7) is 2.05. The van der Waals surface area contributed by atoms with Gasteiger partial charge in [-0.2, -0.15) is 11.3 Å². The van der Waals surface area contributed by atoms with E-state index in [0.29, 0.717) is 12.1 Å². The van der Waals surface area contributed by atoms with Crippen LogP contribution in [0.25, 0.3) is 0 Å². The van der Waals surface area contributed by atoms with Crippen molar-refractivity contribution in [2.75, 3.05) is 5.32 Å². The molecular weight excluding hydrogens is 228 g/mol. The molecule has 1 aromatic carbocycles. The van der Waals surface area contributed by atoms with Gasteiger partial charge in [-0.3, -0.25) is 0 Å². The van der Waals surface area contributed by atoms with Gasteiger partial charge >= 0.3 is 0 Å². The fourth-order valence-corrected chi connectivity index (χ4v) is 2.07. The second-order valence-corrected chi connectivity index (χ2v) is 4.32. The molecule has 0 aliphatic carbocycles. The van der Waals surface area contributed by atoms with Crippen molar-refractivity contribution in [3.8, 4) is 0 Å². The smallest absolute Gasteiger partial charge is 0.152 e. The molecule has 2 aromatic rings. The summed E-state index contributed by atoms with van der Waals surface area (Å²) in [5.41, 5.74) is 1.41. The zero-order valence-electron chi connectivity index (χ0n) is 8.76. The Kier molecular flexibility index (Phi) is 3.19. The molecule has 4 heteroatoms. The maximum Gasteiger partial charge on any atom is 0.152 e. The van der Waals surface area contributed by atoms with Crippen molar-refractivity contribution >= 4 is 17.0 Å². The first kappa shape index (κ1) is 11.1. The maximum atomic E-state index is 13.6. The fourth-order valence-electron chi connectivity index (χ4n) is 1.40. The number of aryl methyl sites for hydroxylation is 1. The van der Waals surface area contributed by atoms with Crippen LogP contribution < -0.4 is 5.32 Å². The molecule has 1 nitrogen and oxygen atoms in total. The minimum absolute atomic E-state index is 0.0498. The van der Waals surface area contributed by atoms with Gasteiger partial charge in [-0.25, -0.2) is 8.78 Å². The van der Waals surface area contributed by atoms with Crippen molar-refractivity contribution in [3.63, 3.8) is 0 Å². The summed E-state index contributed by atoms with van der Waals surface area (Å²) < 4.78 is 27.0. The average Bonchev–Trinajstić information content (AvgIpc) is 2.77. The van der Waals surface area contributed by atoms with Crippen molar-refractivity contribution in [1.82, 2.24) is 0 Å². The van der Waals surface area contributed by atoms with Crippen LogP contribution in [0.4, 0.5) is 14.5 Å². The lowest BCUT2D eigenvalue weighted by Crippen LogP contribution is -2.04. The first-order chi connectivity index (χ1) is 7.68. The van der Waals surface area contributed by atoms with Crippen LogP contribution in [0.1, 0.15) is 11.1 Å². The summed E-state index contributed by atoms with van der Waals surface area (Å²) in [7, 11) is 0. The van der Waals surface area contributed by atoms with Gasteiger partial charge in [-0.15, -0.1) is 0 Å². The van der Waals surface area contributed by atoms with Crippen molar-refractivity contribution < 1.29 is 8.78 Å². The highest BCUT2D eigenvalue weighted by Crippen LogP contribution is 2.22. The van der Waals surface area contributed by atoms with E-state index in [9.17, 15) is 8.78 Å². The lowest BCUT2D eigenvalue weighted by molar-refractivity contribution is 0.582.